The molecular formula is C23H16Br2N2O4S. The normalized spacial score (nSPS) is 11.0. The Balaban J connectivity index is 1.93. The standard InChI is InChI=1S/C23H16Br2N2O4S/c1-31-18-8-4-3-7-17(18)27-20(12-32-19-9-5-2-6-14(19)23(29)30)26-21-15(22(27)28)10-13(24)11-16(21)25/h2-11H,12H2,1H3,(H,29,30). The highest BCUT2D eigenvalue weighted by Gasteiger charge is 2.19. The van der Waals surface area contributed by atoms with Crippen LogP contribution in [0.1, 0.15) is 16.2 Å². The van der Waals surface area contributed by atoms with Crippen molar-refractivity contribution >= 4 is 60.5 Å². The summed E-state index contributed by atoms with van der Waals surface area (Å²) in [5, 5.41) is 9.94. The molecule has 0 atom stereocenters. The van der Waals surface area contributed by atoms with E-state index in [1.54, 1.807) is 49.6 Å². The number of thioether (sulfide) groups is 1. The van der Waals surface area contributed by atoms with Crippen molar-refractivity contribution in [3.63, 3.8) is 0 Å². The number of benzene rings is 3. The number of carboxylic acid groups (broad SMARTS) is 1. The van der Waals surface area contributed by atoms with Gasteiger partial charge >= 0.3 is 5.97 Å². The number of para-hydroxylation sites is 2. The van der Waals surface area contributed by atoms with Crippen molar-refractivity contribution in [1.82, 2.24) is 9.55 Å². The molecule has 1 N–H and O–H groups in total. The summed E-state index contributed by atoms with van der Waals surface area (Å²) in [4.78, 5) is 30.6. The van der Waals surface area contributed by atoms with Gasteiger partial charge in [-0.05, 0) is 52.3 Å². The maximum Gasteiger partial charge on any atom is 0.336 e. The fourth-order valence-corrected chi connectivity index (χ4v) is 5.61. The van der Waals surface area contributed by atoms with Crippen molar-refractivity contribution < 1.29 is 14.6 Å². The number of methoxy groups -OCH3 is 1. The molecule has 4 rings (SSSR count). The van der Waals surface area contributed by atoms with E-state index in [4.69, 9.17) is 9.72 Å². The van der Waals surface area contributed by atoms with Crippen LogP contribution in [0.2, 0.25) is 0 Å². The molecule has 6 nitrogen and oxygen atoms in total. The number of ether oxygens (including phenoxy) is 1. The molecule has 162 valence electrons. The third kappa shape index (κ3) is 4.32. The summed E-state index contributed by atoms with van der Waals surface area (Å²) < 4.78 is 8.45. The molecule has 1 heterocycles. The van der Waals surface area contributed by atoms with E-state index in [0.29, 0.717) is 37.5 Å². The summed E-state index contributed by atoms with van der Waals surface area (Å²) in [7, 11) is 1.54. The summed E-state index contributed by atoms with van der Waals surface area (Å²) in [6, 6.07) is 17.5. The summed E-state index contributed by atoms with van der Waals surface area (Å²) in [5.41, 5.74) is 1.05. The maximum atomic E-state index is 13.6. The zero-order valence-corrected chi connectivity index (χ0v) is 20.7. The number of hydrogen-bond donors (Lipinski definition) is 1. The summed E-state index contributed by atoms with van der Waals surface area (Å²) in [6.07, 6.45) is 0. The van der Waals surface area contributed by atoms with E-state index >= 15 is 0 Å². The van der Waals surface area contributed by atoms with Gasteiger partial charge < -0.3 is 9.84 Å². The highest BCUT2D eigenvalue weighted by atomic mass is 79.9. The molecule has 0 spiro atoms. The van der Waals surface area contributed by atoms with E-state index in [1.165, 1.54) is 16.3 Å². The molecule has 0 aliphatic carbocycles. The van der Waals surface area contributed by atoms with Gasteiger partial charge in [0.25, 0.3) is 5.56 Å². The summed E-state index contributed by atoms with van der Waals surface area (Å²) >= 11 is 8.25. The minimum atomic E-state index is -1.01. The second-order valence-corrected chi connectivity index (χ2v) is 9.50. The molecule has 0 saturated heterocycles. The molecule has 0 aliphatic rings. The third-order valence-corrected chi connectivity index (χ3v) is 6.89. The van der Waals surface area contributed by atoms with Crippen LogP contribution in [-0.4, -0.2) is 27.7 Å². The van der Waals surface area contributed by atoms with Gasteiger partial charge in [-0.1, -0.05) is 40.2 Å². The Hall–Kier alpha value is -2.62. The van der Waals surface area contributed by atoms with Gasteiger partial charge in [-0.25, -0.2) is 9.78 Å². The Morgan fingerprint density at radius 1 is 1.12 bits per heavy atom. The van der Waals surface area contributed by atoms with Gasteiger partial charge in [0.1, 0.15) is 11.6 Å². The highest BCUT2D eigenvalue weighted by molar-refractivity contribution is 9.11. The monoisotopic (exact) mass is 574 g/mol. The van der Waals surface area contributed by atoms with Gasteiger partial charge in [0.05, 0.1) is 35.0 Å². The fourth-order valence-electron chi connectivity index (χ4n) is 3.33. The molecule has 1 aromatic heterocycles. The Bertz CT molecular complexity index is 1400. The molecule has 0 aliphatic heterocycles. The van der Waals surface area contributed by atoms with Crippen molar-refractivity contribution in [1.29, 1.82) is 0 Å². The number of carboxylic acids is 1. The van der Waals surface area contributed by atoms with E-state index < -0.39 is 5.97 Å². The van der Waals surface area contributed by atoms with E-state index in [-0.39, 0.29) is 16.9 Å². The number of carbonyl (C=O) groups is 1. The second-order valence-electron chi connectivity index (χ2n) is 6.71. The summed E-state index contributed by atoms with van der Waals surface area (Å²) in [6.45, 7) is 0. The van der Waals surface area contributed by atoms with Gasteiger partial charge in [-0.2, -0.15) is 0 Å². The lowest BCUT2D eigenvalue weighted by Crippen LogP contribution is -2.24. The molecule has 0 saturated carbocycles. The first-order valence-corrected chi connectivity index (χ1v) is 12.0. The molecule has 32 heavy (non-hydrogen) atoms. The van der Waals surface area contributed by atoms with E-state index in [2.05, 4.69) is 31.9 Å². The Labute approximate surface area is 204 Å². The molecule has 4 aromatic rings. The minimum absolute atomic E-state index is 0.203. The van der Waals surface area contributed by atoms with Crippen molar-refractivity contribution in [3.8, 4) is 11.4 Å². The number of rotatable bonds is 6. The molecule has 0 amide bonds. The minimum Gasteiger partial charge on any atom is -0.495 e. The Morgan fingerprint density at radius 3 is 2.59 bits per heavy atom. The second kappa shape index (κ2) is 9.48. The van der Waals surface area contributed by atoms with Gasteiger partial charge in [0.15, 0.2) is 0 Å². The van der Waals surface area contributed by atoms with Crippen molar-refractivity contribution in [3.05, 3.63) is 91.4 Å². The molecule has 0 fully saturated rings. The number of hydrogen-bond acceptors (Lipinski definition) is 5. The maximum absolute atomic E-state index is 13.6. The van der Waals surface area contributed by atoms with Crippen LogP contribution in [0.25, 0.3) is 16.6 Å². The first kappa shape index (κ1) is 22.6. The van der Waals surface area contributed by atoms with Crippen molar-refractivity contribution in [2.45, 2.75) is 10.6 Å². The highest BCUT2D eigenvalue weighted by Crippen LogP contribution is 2.31. The van der Waals surface area contributed by atoms with Gasteiger partial charge in [0, 0.05) is 13.8 Å². The van der Waals surface area contributed by atoms with E-state index in [9.17, 15) is 14.7 Å². The predicted octanol–water partition coefficient (Wildman–Crippen LogP) is 5.91. The number of fused-ring (bicyclic) bond motifs is 1. The van der Waals surface area contributed by atoms with E-state index in [1.807, 2.05) is 18.2 Å². The van der Waals surface area contributed by atoms with Crippen LogP contribution in [0.4, 0.5) is 0 Å². The lowest BCUT2D eigenvalue weighted by Gasteiger charge is -2.17. The Morgan fingerprint density at radius 2 is 1.84 bits per heavy atom. The lowest BCUT2D eigenvalue weighted by molar-refractivity contribution is 0.0693. The molecule has 0 radical (unpaired) electrons. The average molecular weight is 576 g/mol. The Kier molecular flexibility index (Phi) is 6.68. The molecule has 9 heteroatoms. The molecule has 0 unspecified atom stereocenters. The van der Waals surface area contributed by atoms with Crippen LogP contribution in [0.3, 0.4) is 0 Å². The number of aromatic carboxylic acids is 1. The third-order valence-electron chi connectivity index (χ3n) is 4.76. The van der Waals surface area contributed by atoms with Crippen LogP contribution in [0, 0.1) is 0 Å². The zero-order valence-electron chi connectivity index (χ0n) is 16.7. The van der Waals surface area contributed by atoms with Gasteiger partial charge in [0.2, 0.25) is 0 Å². The summed E-state index contributed by atoms with van der Waals surface area (Å²) in [5.74, 6) is 0.271. The number of halogens is 2. The van der Waals surface area contributed by atoms with Crippen LogP contribution in [-0.2, 0) is 5.75 Å². The lowest BCUT2D eigenvalue weighted by atomic mass is 10.2. The van der Waals surface area contributed by atoms with Gasteiger partial charge in [-0.15, -0.1) is 11.8 Å². The number of nitrogens with zero attached hydrogens (tertiary/aromatic N) is 2. The predicted molar refractivity (Wildman–Crippen MR) is 132 cm³/mol. The molecule has 3 aromatic carbocycles. The first-order valence-electron chi connectivity index (χ1n) is 9.40. The smallest absolute Gasteiger partial charge is 0.336 e. The van der Waals surface area contributed by atoms with Crippen LogP contribution < -0.4 is 10.3 Å². The van der Waals surface area contributed by atoms with Crippen LogP contribution >= 0.6 is 43.6 Å². The molecule has 0 bridgehead atoms. The number of aromatic nitrogens is 2. The quantitative estimate of drug-likeness (QED) is 0.288. The fraction of sp³-hybridized carbons (Fsp3) is 0.0870. The van der Waals surface area contributed by atoms with Gasteiger partial charge in [-0.3, -0.25) is 9.36 Å². The van der Waals surface area contributed by atoms with Crippen molar-refractivity contribution in [2.75, 3.05) is 7.11 Å². The average Bonchev–Trinajstić information content (AvgIpc) is 2.78. The molecular weight excluding hydrogens is 560 g/mol. The first-order chi connectivity index (χ1) is 15.4. The SMILES string of the molecule is COc1ccccc1-n1c(CSc2ccccc2C(=O)O)nc2c(Br)cc(Br)cc2c1=O. The van der Waals surface area contributed by atoms with Crippen LogP contribution in [0.15, 0.2) is 79.3 Å². The van der Waals surface area contributed by atoms with Crippen molar-refractivity contribution in [2.24, 2.45) is 0 Å². The topological polar surface area (TPSA) is 81.4 Å². The van der Waals surface area contributed by atoms with E-state index in [0.717, 1.165) is 4.47 Å². The zero-order chi connectivity index (χ0) is 22.8. The van der Waals surface area contributed by atoms with Crippen LogP contribution in [0.5, 0.6) is 5.75 Å². The largest absolute Gasteiger partial charge is 0.495 e.